The number of rotatable bonds is 9. The van der Waals surface area contributed by atoms with Crippen LogP contribution in [0.1, 0.15) is 18.4 Å². The Morgan fingerprint density at radius 3 is 2.19 bits per heavy atom. The van der Waals surface area contributed by atoms with Gasteiger partial charge in [0.1, 0.15) is 23.8 Å². The molecule has 7 nitrogen and oxygen atoms in total. The van der Waals surface area contributed by atoms with E-state index in [9.17, 15) is 4.79 Å². The van der Waals surface area contributed by atoms with E-state index in [0.717, 1.165) is 24.2 Å². The molecule has 0 aliphatic carbocycles. The number of carbonyl (C=O) groups excluding carboxylic acids is 1. The lowest BCUT2D eigenvalue weighted by Crippen LogP contribution is -2.11. The van der Waals surface area contributed by atoms with Crippen LogP contribution in [0.3, 0.4) is 0 Å². The molecule has 0 radical (unpaired) electrons. The zero-order chi connectivity index (χ0) is 22.0. The fourth-order valence-corrected chi connectivity index (χ4v) is 3.17. The zero-order valence-corrected chi connectivity index (χ0v) is 17.5. The summed E-state index contributed by atoms with van der Waals surface area (Å²) < 4.78 is 0. The van der Waals surface area contributed by atoms with Crippen molar-refractivity contribution in [2.75, 3.05) is 16.0 Å². The summed E-state index contributed by atoms with van der Waals surface area (Å²) in [6.07, 6.45) is 5.40. The number of nitrogens with zero attached hydrogens (tertiary/aromatic N) is 3. The first-order valence-corrected chi connectivity index (χ1v) is 10.5. The third-order valence-corrected chi connectivity index (χ3v) is 4.74. The topological polar surface area (TPSA) is 91.8 Å². The van der Waals surface area contributed by atoms with E-state index in [4.69, 9.17) is 0 Å². The summed E-state index contributed by atoms with van der Waals surface area (Å²) in [6.45, 7) is 0. The third kappa shape index (κ3) is 6.37. The highest BCUT2D eigenvalue weighted by Crippen LogP contribution is 2.20. The monoisotopic (exact) mass is 424 g/mol. The van der Waals surface area contributed by atoms with Crippen molar-refractivity contribution < 1.29 is 4.79 Å². The maximum Gasteiger partial charge on any atom is 0.224 e. The van der Waals surface area contributed by atoms with Crippen LogP contribution in [0.4, 0.5) is 28.8 Å². The number of nitrogens with one attached hydrogen (secondary N) is 3. The SMILES string of the molecule is O=C(CCCc1ccccc1)Nc1ccc(Nc2cc(Nc3ccccn3)ncn2)cc1. The summed E-state index contributed by atoms with van der Waals surface area (Å²) in [5.74, 6) is 2.01. The number of hydrogen-bond donors (Lipinski definition) is 3. The van der Waals surface area contributed by atoms with E-state index in [1.54, 1.807) is 12.3 Å². The van der Waals surface area contributed by atoms with Gasteiger partial charge in [-0.25, -0.2) is 15.0 Å². The van der Waals surface area contributed by atoms with Crippen molar-refractivity contribution in [3.05, 3.63) is 97.0 Å². The van der Waals surface area contributed by atoms with Gasteiger partial charge in [0.2, 0.25) is 5.91 Å². The Hall–Kier alpha value is -4.26. The summed E-state index contributed by atoms with van der Waals surface area (Å²) in [5.41, 5.74) is 2.87. The first-order chi connectivity index (χ1) is 15.7. The molecule has 0 fully saturated rings. The Morgan fingerprint density at radius 1 is 0.719 bits per heavy atom. The lowest BCUT2D eigenvalue weighted by molar-refractivity contribution is -0.116. The molecule has 3 N–H and O–H groups in total. The summed E-state index contributed by atoms with van der Waals surface area (Å²) in [4.78, 5) is 24.9. The van der Waals surface area contributed by atoms with E-state index in [1.165, 1.54) is 11.9 Å². The number of aromatic nitrogens is 3. The fraction of sp³-hybridized carbons (Fsp3) is 0.120. The lowest BCUT2D eigenvalue weighted by atomic mass is 10.1. The van der Waals surface area contributed by atoms with Crippen molar-refractivity contribution in [2.24, 2.45) is 0 Å². The first kappa shape index (κ1) is 21.0. The molecule has 0 bridgehead atoms. The molecule has 0 unspecified atom stereocenters. The van der Waals surface area contributed by atoms with E-state index in [1.807, 2.05) is 60.7 Å². The maximum absolute atomic E-state index is 12.2. The highest BCUT2D eigenvalue weighted by Gasteiger charge is 2.04. The van der Waals surface area contributed by atoms with Crippen LogP contribution in [0.5, 0.6) is 0 Å². The summed E-state index contributed by atoms with van der Waals surface area (Å²) >= 11 is 0. The third-order valence-electron chi connectivity index (χ3n) is 4.74. The molecule has 2 aromatic carbocycles. The number of aryl methyl sites for hydroxylation is 1. The summed E-state index contributed by atoms with van der Waals surface area (Å²) in [6, 6.07) is 25.2. The molecule has 1 amide bonds. The summed E-state index contributed by atoms with van der Waals surface area (Å²) in [5, 5.41) is 9.32. The van der Waals surface area contributed by atoms with E-state index in [-0.39, 0.29) is 5.91 Å². The van der Waals surface area contributed by atoms with Crippen LogP contribution in [0.25, 0.3) is 0 Å². The molecule has 2 aromatic heterocycles. The molecule has 160 valence electrons. The van der Waals surface area contributed by atoms with Crippen molar-refractivity contribution in [2.45, 2.75) is 19.3 Å². The van der Waals surface area contributed by atoms with Gasteiger partial charge in [0.05, 0.1) is 0 Å². The molecular formula is C25H24N6O. The molecule has 0 spiro atoms. The predicted octanol–water partition coefficient (Wildman–Crippen LogP) is 5.32. The summed E-state index contributed by atoms with van der Waals surface area (Å²) in [7, 11) is 0. The van der Waals surface area contributed by atoms with Crippen molar-refractivity contribution in [3.8, 4) is 0 Å². The predicted molar refractivity (Wildman–Crippen MR) is 127 cm³/mol. The largest absolute Gasteiger partial charge is 0.340 e. The van der Waals surface area contributed by atoms with Crippen molar-refractivity contribution in [1.82, 2.24) is 15.0 Å². The molecule has 0 aliphatic heterocycles. The standard InChI is InChI=1S/C25H24N6O/c32-25(11-6-9-19-7-2-1-3-8-19)30-21-14-12-20(13-15-21)29-23-17-24(28-18-27-23)31-22-10-4-5-16-26-22/h1-5,7-8,10,12-18H,6,9,11H2,(H,30,32)(H2,26,27,28,29,31). The molecule has 4 rings (SSSR count). The van der Waals surface area contributed by atoms with Gasteiger partial charge in [0, 0.05) is 30.1 Å². The smallest absolute Gasteiger partial charge is 0.224 e. The van der Waals surface area contributed by atoms with E-state index in [2.05, 4.69) is 43.0 Å². The zero-order valence-electron chi connectivity index (χ0n) is 17.5. The van der Waals surface area contributed by atoms with Crippen LogP contribution in [0, 0.1) is 0 Å². The number of amides is 1. The normalized spacial score (nSPS) is 10.4. The molecular weight excluding hydrogens is 400 g/mol. The van der Waals surface area contributed by atoms with Gasteiger partial charge in [-0.05, 0) is 54.8 Å². The Labute approximate surface area is 187 Å². The maximum atomic E-state index is 12.2. The number of benzene rings is 2. The molecule has 0 saturated carbocycles. The van der Waals surface area contributed by atoms with Gasteiger partial charge in [-0.2, -0.15) is 0 Å². The highest BCUT2D eigenvalue weighted by atomic mass is 16.1. The molecule has 0 saturated heterocycles. The van der Waals surface area contributed by atoms with E-state index < -0.39 is 0 Å². The van der Waals surface area contributed by atoms with Crippen molar-refractivity contribution in [1.29, 1.82) is 0 Å². The van der Waals surface area contributed by atoms with Gasteiger partial charge in [-0.1, -0.05) is 36.4 Å². The quantitative estimate of drug-likeness (QED) is 0.337. The molecule has 2 heterocycles. The second kappa shape index (κ2) is 10.7. The Bertz CT molecular complexity index is 1130. The first-order valence-electron chi connectivity index (χ1n) is 10.5. The lowest BCUT2D eigenvalue weighted by Gasteiger charge is -2.10. The van der Waals surface area contributed by atoms with Crippen LogP contribution < -0.4 is 16.0 Å². The van der Waals surface area contributed by atoms with E-state index in [0.29, 0.717) is 23.9 Å². The average molecular weight is 425 g/mol. The Kier molecular flexibility index (Phi) is 7.00. The number of carbonyl (C=O) groups is 1. The van der Waals surface area contributed by atoms with Crippen LogP contribution in [-0.4, -0.2) is 20.9 Å². The second-order valence-electron chi connectivity index (χ2n) is 7.22. The minimum absolute atomic E-state index is 0.0164. The highest BCUT2D eigenvalue weighted by molar-refractivity contribution is 5.90. The van der Waals surface area contributed by atoms with Gasteiger partial charge < -0.3 is 16.0 Å². The molecule has 0 atom stereocenters. The van der Waals surface area contributed by atoms with Crippen LogP contribution in [-0.2, 0) is 11.2 Å². The second-order valence-corrected chi connectivity index (χ2v) is 7.22. The van der Waals surface area contributed by atoms with Gasteiger partial charge in [0.15, 0.2) is 0 Å². The molecule has 4 aromatic rings. The molecule has 32 heavy (non-hydrogen) atoms. The Morgan fingerprint density at radius 2 is 1.44 bits per heavy atom. The van der Waals surface area contributed by atoms with E-state index >= 15 is 0 Å². The van der Waals surface area contributed by atoms with Crippen LogP contribution in [0.15, 0.2) is 91.4 Å². The minimum atomic E-state index is 0.0164. The van der Waals surface area contributed by atoms with Gasteiger partial charge in [-0.15, -0.1) is 0 Å². The van der Waals surface area contributed by atoms with Crippen molar-refractivity contribution in [3.63, 3.8) is 0 Å². The molecule has 0 aliphatic rings. The molecule has 7 heteroatoms. The number of hydrogen-bond acceptors (Lipinski definition) is 6. The van der Waals surface area contributed by atoms with Crippen LogP contribution >= 0.6 is 0 Å². The van der Waals surface area contributed by atoms with Gasteiger partial charge >= 0.3 is 0 Å². The fourth-order valence-electron chi connectivity index (χ4n) is 3.17. The number of pyridine rings is 1. The van der Waals surface area contributed by atoms with Crippen molar-refractivity contribution >= 4 is 34.7 Å². The Balaban J connectivity index is 1.27. The minimum Gasteiger partial charge on any atom is -0.340 e. The van der Waals surface area contributed by atoms with Gasteiger partial charge in [0.25, 0.3) is 0 Å². The van der Waals surface area contributed by atoms with Gasteiger partial charge in [-0.3, -0.25) is 4.79 Å². The average Bonchev–Trinajstić information content (AvgIpc) is 2.82. The van der Waals surface area contributed by atoms with Crippen LogP contribution in [0.2, 0.25) is 0 Å². The number of anilines is 5.